The number of hydrogen-bond acceptors (Lipinski definition) is 6. The molecule has 0 aliphatic carbocycles. The van der Waals surface area contributed by atoms with E-state index in [0.717, 1.165) is 0 Å². The Morgan fingerprint density at radius 1 is 1.40 bits per heavy atom. The summed E-state index contributed by atoms with van der Waals surface area (Å²) in [5, 5.41) is 8.51. The van der Waals surface area contributed by atoms with E-state index < -0.39 is 51.0 Å². The molecule has 1 aromatic rings. The van der Waals surface area contributed by atoms with Gasteiger partial charge in [0.2, 0.25) is 5.91 Å². The van der Waals surface area contributed by atoms with Crippen molar-refractivity contribution >= 4 is 21.4 Å². The topological polar surface area (TPSA) is 96.7 Å². The lowest BCUT2D eigenvalue weighted by atomic mass is 9.66. The number of carbonyl (C=O) groups excluding carboxylic acids is 1. The molecule has 1 amide bonds. The summed E-state index contributed by atoms with van der Waals surface area (Å²) in [5.41, 5.74) is -0.941. The summed E-state index contributed by atoms with van der Waals surface area (Å²) in [4.78, 5) is 15.1. The molecule has 0 N–H and O–H groups in total. The Kier molecular flexibility index (Phi) is 4.15. The summed E-state index contributed by atoms with van der Waals surface area (Å²) in [6.45, 7) is 2.91. The van der Waals surface area contributed by atoms with Gasteiger partial charge in [0.05, 0.1) is 40.6 Å². The third-order valence-corrected chi connectivity index (χ3v) is 9.69. The van der Waals surface area contributed by atoms with E-state index in [2.05, 4.69) is 0 Å². The lowest BCUT2D eigenvalue weighted by molar-refractivity contribution is -0.138. The number of rotatable bonds is 4. The molecule has 160 valence electrons. The van der Waals surface area contributed by atoms with Gasteiger partial charge >= 0.3 is 0 Å². The largest absolute Gasteiger partial charge is 0.366 e. The second-order valence-electron chi connectivity index (χ2n) is 8.82. The highest BCUT2D eigenvalue weighted by molar-refractivity contribution is 7.92. The van der Waals surface area contributed by atoms with E-state index in [4.69, 9.17) is 9.47 Å². The second kappa shape index (κ2) is 6.25. The molecule has 4 aliphatic heterocycles. The summed E-state index contributed by atoms with van der Waals surface area (Å²) in [6, 6.07) is 6.58. The van der Waals surface area contributed by atoms with Crippen LogP contribution in [0.15, 0.2) is 18.2 Å². The smallest absolute Gasteiger partial charge is 0.235 e. The number of sulfone groups is 1. The van der Waals surface area contributed by atoms with Crippen LogP contribution in [0.5, 0.6) is 0 Å². The summed E-state index contributed by atoms with van der Waals surface area (Å²) in [6.07, 6.45) is 0.0435. The van der Waals surface area contributed by atoms with Crippen LogP contribution in [0.4, 0.5) is 10.1 Å². The third kappa shape index (κ3) is 2.30. The van der Waals surface area contributed by atoms with Crippen molar-refractivity contribution < 1.29 is 27.1 Å². The van der Waals surface area contributed by atoms with Crippen molar-refractivity contribution in [1.82, 2.24) is 0 Å². The van der Waals surface area contributed by atoms with Gasteiger partial charge in [-0.1, -0.05) is 6.92 Å². The minimum absolute atomic E-state index is 0.0227. The molecule has 9 heteroatoms. The van der Waals surface area contributed by atoms with Gasteiger partial charge in [-0.05, 0) is 31.5 Å². The Hall–Kier alpha value is -2.02. The number of nitrogens with zero attached hydrogens (tertiary/aromatic N) is 2. The van der Waals surface area contributed by atoms with E-state index in [0.29, 0.717) is 18.5 Å². The highest BCUT2D eigenvalue weighted by Gasteiger charge is 2.79. The van der Waals surface area contributed by atoms with Gasteiger partial charge in [0.25, 0.3) is 0 Å². The number of ether oxygens (including phenoxy) is 2. The predicted octanol–water partition coefficient (Wildman–Crippen LogP) is 2.09. The number of alkyl halides is 1. The molecule has 0 saturated carbocycles. The normalized spacial score (nSPS) is 39.3. The Morgan fingerprint density at radius 3 is 2.83 bits per heavy atom. The molecule has 4 fully saturated rings. The van der Waals surface area contributed by atoms with Crippen molar-refractivity contribution in [2.75, 3.05) is 17.3 Å². The highest BCUT2D eigenvalue weighted by atomic mass is 32.2. The van der Waals surface area contributed by atoms with Crippen LogP contribution in [0.1, 0.15) is 37.8 Å². The zero-order chi connectivity index (χ0) is 21.5. The number of carbonyl (C=O) groups is 1. The van der Waals surface area contributed by atoms with Crippen molar-refractivity contribution in [3.63, 3.8) is 0 Å². The first-order valence-electron chi connectivity index (χ1n) is 10.2. The monoisotopic (exact) mass is 434 g/mol. The van der Waals surface area contributed by atoms with Crippen molar-refractivity contribution in [2.24, 2.45) is 11.8 Å². The van der Waals surface area contributed by atoms with Gasteiger partial charge in [-0.15, -0.1) is 0 Å². The van der Waals surface area contributed by atoms with Gasteiger partial charge < -0.3 is 9.47 Å². The lowest BCUT2D eigenvalue weighted by Gasteiger charge is -2.45. The van der Waals surface area contributed by atoms with Crippen molar-refractivity contribution in [1.29, 1.82) is 5.26 Å². The maximum Gasteiger partial charge on any atom is 0.235 e. The van der Waals surface area contributed by atoms with E-state index >= 15 is 0 Å². The quantitative estimate of drug-likeness (QED) is 0.720. The molecule has 30 heavy (non-hydrogen) atoms. The van der Waals surface area contributed by atoms with E-state index in [9.17, 15) is 22.9 Å². The van der Waals surface area contributed by atoms with Crippen molar-refractivity contribution in [3.8, 4) is 6.07 Å². The van der Waals surface area contributed by atoms with Crippen LogP contribution in [0.25, 0.3) is 0 Å². The fourth-order valence-electron chi connectivity index (χ4n) is 6.23. The second-order valence-corrected chi connectivity index (χ2v) is 11.3. The molecule has 0 aromatic heterocycles. The lowest BCUT2D eigenvalue weighted by Crippen LogP contribution is -2.59. The molecule has 0 unspecified atom stereocenters. The zero-order valence-electron chi connectivity index (χ0n) is 16.8. The van der Waals surface area contributed by atoms with Crippen LogP contribution in [-0.2, 0) is 30.8 Å². The fourth-order valence-corrected chi connectivity index (χ4v) is 8.14. The average Bonchev–Trinajstić information content (AvgIpc) is 3.31. The van der Waals surface area contributed by atoms with Gasteiger partial charge in [0.1, 0.15) is 12.9 Å². The molecule has 2 bridgehead atoms. The molecule has 0 radical (unpaired) electrons. The van der Waals surface area contributed by atoms with Gasteiger partial charge in [-0.25, -0.2) is 12.8 Å². The molecule has 4 aliphatic rings. The number of amides is 1. The van der Waals surface area contributed by atoms with Crippen LogP contribution in [0.2, 0.25) is 0 Å². The highest BCUT2D eigenvalue weighted by Crippen LogP contribution is 2.66. The molecular formula is C21H23FN2O5S. The minimum Gasteiger partial charge on any atom is -0.366 e. The minimum atomic E-state index is -3.38. The van der Waals surface area contributed by atoms with Crippen molar-refractivity contribution in [2.45, 2.75) is 56.0 Å². The van der Waals surface area contributed by atoms with Crippen LogP contribution >= 0.6 is 0 Å². The molecule has 7 nitrogen and oxygen atoms in total. The van der Waals surface area contributed by atoms with Gasteiger partial charge in [0, 0.05) is 29.3 Å². The van der Waals surface area contributed by atoms with Crippen LogP contribution in [-0.4, -0.2) is 49.4 Å². The van der Waals surface area contributed by atoms with E-state index in [1.165, 1.54) is 17.0 Å². The number of benzene rings is 1. The van der Waals surface area contributed by atoms with Gasteiger partial charge in [0.15, 0.2) is 9.84 Å². The van der Waals surface area contributed by atoms with E-state index in [1.54, 1.807) is 13.0 Å². The maximum atomic E-state index is 13.6. The molecule has 5 rings (SSSR count). The molecule has 1 spiro atoms. The van der Waals surface area contributed by atoms with E-state index in [-0.39, 0.29) is 29.4 Å². The number of hydrogen-bond donors (Lipinski definition) is 0. The first-order valence-corrected chi connectivity index (χ1v) is 11.9. The van der Waals surface area contributed by atoms with Crippen LogP contribution in [0.3, 0.4) is 0 Å². The summed E-state index contributed by atoms with van der Waals surface area (Å²) in [7, 11) is -3.38. The molecule has 4 heterocycles. The standard InChI is InChI=1S/C21H23FN2O5S/c1-3-30(26,27)15-9-20(2)16-17-19(28-7-6-21(15,17)29-20)24(18(16)25)14-5-4-12(11-23)13(8-14)10-22/h4-5,8,15-17,19H,3,6-7,9-10H2,1-2H3/t15-,16-,17+,19+,20-,21+/m1/s1. The number of halogens is 1. The maximum absolute atomic E-state index is 13.6. The summed E-state index contributed by atoms with van der Waals surface area (Å²) >= 11 is 0. The first kappa shape index (κ1) is 19.9. The number of anilines is 1. The summed E-state index contributed by atoms with van der Waals surface area (Å²) in [5.74, 6) is -1.10. The predicted molar refractivity (Wildman–Crippen MR) is 105 cm³/mol. The van der Waals surface area contributed by atoms with Crippen LogP contribution in [0, 0.1) is 23.2 Å². The Morgan fingerprint density at radius 2 is 2.17 bits per heavy atom. The van der Waals surface area contributed by atoms with Gasteiger partial charge in [-0.3, -0.25) is 9.69 Å². The van der Waals surface area contributed by atoms with E-state index in [1.807, 2.05) is 13.0 Å². The van der Waals surface area contributed by atoms with Crippen molar-refractivity contribution in [3.05, 3.63) is 29.3 Å². The number of fused-ring (bicyclic) bond motifs is 2. The average molecular weight is 434 g/mol. The molecule has 1 aromatic carbocycles. The summed E-state index contributed by atoms with van der Waals surface area (Å²) < 4.78 is 51.7. The SMILES string of the molecule is CCS(=O)(=O)[C@@H]1C[C@@]2(C)O[C@@]13CCO[C@H]1[C@@H]3[C@@H]2C(=O)N1c1ccc(C#N)c(CF)c1. The fraction of sp³-hybridized carbons (Fsp3) is 0.619. The number of nitriles is 1. The van der Waals surface area contributed by atoms with Crippen LogP contribution < -0.4 is 4.90 Å². The Bertz CT molecular complexity index is 1090. The molecule has 6 atom stereocenters. The Labute approximate surface area is 174 Å². The molecule has 4 saturated heterocycles. The first-order chi connectivity index (χ1) is 14.2. The Balaban J connectivity index is 1.62. The third-order valence-electron chi connectivity index (χ3n) is 7.45. The van der Waals surface area contributed by atoms with Gasteiger partial charge in [-0.2, -0.15) is 5.26 Å². The zero-order valence-corrected chi connectivity index (χ0v) is 17.6. The molecular weight excluding hydrogens is 411 g/mol.